The Bertz CT molecular complexity index is 1380. The second kappa shape index (κ2) is 12.0. The number of amides is 2. The fourth-order valence-electron chi connectivity index (χ4n) is 5.20. The minimum absolute atomic E-state index is 0.121. The van der Waals surface area contributed by atoms with E-state index in [1.165, 1.54) is 4.90 Å². The Morgan fingerprint density at radius 1 is 0.974 bits per heavy atom. The van der Waals surface area contributed by atoms with E-state index in [2.05, 4.69) is 5.32 Å². The van der Waals surface area contributed by atoms with E-state index in [1.807, 2.05) is 68.4 Å². The lowest BCUT2D eigenvalue weighted by atomic mass is 10.1. The Morgan fingerprint density at radius 2 is 1.63 bits per heavy atom. The van der Waals surface area contributed by atoms with E-state index in [0.29, 0.717) is 12.1 Å². The first kappa shape index (κ1) is 27.6. The SMILES string of the molecule is CC[C@@H](C(=O)NC1CCCC1)N(Cc1ccc(C)cc1)C(=O)CN(c1cccc2ccccc12)S(C)(=O)=O. The molecule has 7 nitrogen and oxygen atoms in total. The molecule has 0 radical (unpaired) electrons. The van der Waals surface area contributed by atoms with Crippen molar-refractivity contribution in [2.75, 3.05) is 17.1 Å². The number of carbonyl (C=O) groups excluding carboxylic acids is 2. The van der Waals surface area contributed by atoms with E-state index in [9.17, 15) is 18.0 Å². The minimum Gasteiger partial charge on any atom is -0.352 e. The smallest absolute Gasteiger partial charge is 0.244 e. The number of nitrogens with zero attached hydrogens (tertiary/aromatic N) is 2. The molecule has 0 unspecified atom stereocenters. The summed E-state index contributed by atoms with van der Waals surface area (Å²) in [5.74, 6) is -0.603. The van der Waals surface area contributed by atoms with Crippen LogP contribution < -0.4 is 9.62 Å². The average Bonchev–Trinajstić information content (AvgIpc) is 3.40. The molecule has 0 spiro atoms. The predicted octanol–water partition coefficient (Wildman–Crippen LogP) is 4.78. The van der Waals surface area contributed by atoms with Crippen LogP contribution in [0.4, 0.5) is 5.69 Å². The summed E-state index contributed by atoms with van der Waals surface area (Å²) in [7, 11) is -3.80. The minimum atomic E-state index is -3.80. The molecule has 1 saturated carbocycles. The predicted molar refractivity (Wildman–Crippen MR) is 152 cm³/mol. The van der Waals surface area contributed by atoms with E-state index in [1.54, 1.807) is 12.1 Å². The number of carbonyl (C=O) groups is 2. The third-order valence-electron chi connectivity index (χ3n) is 7.28. The topological polar surface area (TPSA) is 86.8 Å². The van der Waals surface area contributed by atoms with E-state index in [-0.39, 0.29) is 18.5 Å². The van der Waals surface area contributed by atoms with Gasteiger partial charge in [-0.05, 0) is 43.2 Å². The van der Waals surface area contributed by atoms with Crippen LogP contribution in [0.25, 0.3) is 10.8 Å². The lowest BCUT2D eigenvalue weighted by molar-refractivity contribution is -0.140. The molecular formula is C30H37N3O4S. The van der Waals surface area contributed by atoms with Gasteiger partial charge in [-0.1, -0.05) is 86.0 Å². The maximum atomic E-state index is 14.0. The van der Waals surface area contributed by atoms with Gasteiger partial charge in [0.1, 0.15) is 12.6 Å². The Morgan fingerprint density at radius 3 is 2.29 bits per heavy atom. The number of benzene rings is 3. The van der Waals surface area contributed by atoms with Gasteiger partial charge in [0, 0.05) is 18.0 Å². The maximum Gasteiger partial charge on any atom is 0.244 e. The standard InChI is InChI=1S/C30H37N3O4S/c1-4-27(30(35)31-25-12-6-7-13-25)32(20-23-18-16-22(2)17-19-23)29(34)21-33(38(3,36)37)28-15-9-11-24-10-5-8-14-26(24)28/h5,8-11,14-19,25,27H,4,6-7,12-13,20-21H2,1-3H3,(H,31,35)/t27-/m0/s1. The molecule has 1 aliphatic carbocycles. The number of aryl methyl sites for hydroxylation is 1. The molecule has 0 aliphatic heterocycles. The summed E-state index contributed by atoms with van der Waals surface area (Å²) < 4.78 is 27.2. The van der Waals surface area contributed by atoms with Crippen LogP contribution in [0.15, 0.2) is 66.7 Å². The average molecular weight is 536 g/mol. The molecule has 0 saturated heterocycles. The van der Waals surface area contributed by atoms with Crippen molar-refractivity contribution in [2.24, 2.45) is 0 Å². The highest BCUT2D eigenvalue weighted by molar-refractivity contribution is 7.92. The van der Waals surface area contributed by atoms with Gasteiger partial charge in [0.25, 0.3) is 0 Å². The molecule has 3 aromatic rings. The summed E-state index contributed by atoms with van der Waals surface area (Å²) >= 11 is 0. The zero-order valence-electron chi connectivity index (χ0n) is 22.4. The fourth-order valence-corrected chi connectivity index (χ4v) is 6.06. The molecule has 1 N–H and O–H groups in total. The first-order valence-corrected chi connectivity index (χ1v) is 15.1. The Balaban J connectivity index is 1.68. The second-order valence-corrected chi connectivity index (χ2v) is 12.1. The summed E-state index contributed by atoms with van der Waals surface area (Å²) in [6.07, 6.45) is 5.58. The van der Waals surface area contributed by atoms with Gasteiger partial charge in [0.2, 0.25) is 21.8 Å². The monoisotopic (exact) mass is 535 g/mol. The van der Waals surface area contributed by atoms with Gasteiger partial charge < -0.3 is 10.2 Å². The second-order valence-electron chi connectivity index (χ2n) is 10.2. The molecular weight excluding hydrogens is 498 g/mol. The molecule has 1 atom stereocenters. The van der Waals surface area contributed by atoms with Crippen LogP contribution >= 0.6 is 0 Å². The van der Waals surface area contributed by atoms with E-state index in [4.69, 9.17) is 0 Å². The first-order chi connectivity index (χ1) is 18.2. The van der Waals surface area contributed by atoms with Gasteiger partial charge in [0.15, 0.2) is 0 Å². The maximum absolute atomic E-state index is 14.0. The summed E-state index contributed by atoms with van der Waals surface area (Å²) in [6, 6.07) is 20.1. The highest BCUT2D eigenvalue weighted by atomic mass is 32.2. The molecule has 3 aromatic carbocycles. The summed E-state index contributed by atoms with van der Waals surface area (Å²) in [6.45, 7) is 3.69. The van der Waals surface area contributed by atoms with Gasteiger partial charge in [-0.25, -0.2) is 8.42 Å². The zero-order chi connectivity index (χ0) is 27.3. The number of hydrogen-bond donors (Lipinski definition) is 1. The van der Waals surface area contributed by atoms with Crippen molar-refractivity contribution in [3.05, 3.63) is 77.9 Å². The van der Waals surface area contributed by atoms with Gasteiger partial charge in [-0.3, -0.25) is 13.9 Å². The van der Waals surface area contributed by atoms with Gasteiger partial charge in [-0.15, -0.1) is 0 Å². The van der Waals surface area contributed by atoms with Crippen LogP contribution in [0.2, 0.25) is 0 Å². The number of sulfonamides is 1. The number of nitrogens with one attached hydrogen (secondary N) is 1. The van der Waals surface area contributed by atoms with Crippen LogP contribution in [0.3, 0.4) is 0 Å². The Labute approximate surface area is 225 Å². The zero-order valence-corrected chi connectivity index (χ0v) is 23.2. The molecule has 202 valence electrons. The third-order valence-corrected chi connectivity index (χ3v) is 8.40. The van der Waals surface area contributed by atoms with Crippen molar-refractivity contribution >= 4 is 38.3 Å². The Hall–Kier alpha value is -3.39. The van der Waals surface area contributed by atoms with Crippen molar-refractivity contribution < 1.29 is 18.0 Å². The van der Waals surface area contributed by atoms with Crippen molar-refractivity contribution in [2.45, 2.75) is 64.6 Å². The highest BCUT2D eigenvalue weighted by Crippen LogP contribution is 2.29. The molecule has 0 aromatic heterocycles. The quantitative estimate of drug-likeness (QED) is 0.405. The molecule has 1 fully saturated rings. The Kier molecular flexibility index (Phi) is 8.72. The van der Waals surface area contributed by atoms with Crippen LogP contribution in [0.1, 0.15) is 50.2 Å². The molecule has 0 heterocycles. The van der Waals surface area contributed by atoms with Crippen LogP contribution in [-0.4, -0.2) is 50.0 Å². The fraction of sp³-hybridized carbons (Fsp3) is 0.400. The lowest BCUT2D eigenvalue weighted by Crippen LogP contribution is -2.53. The molecule has 4 rings (SSSR count). The van der Waals surface area contributed by atoms with Crippen molar-refractivity contribution in [1.29, 1.82) is 0 Å². The molecule has 2 amide bonds. The number of hydrogen-bond acceptors (Lipinski definition) is 4. The van der Waals surface area contributed by atoms with E-state index < -0.39 is 28.5 Å². The largest absolute Gasteiger partial charge is 0.352 e. The van der Waals surface area contributed by atoms with Crippen LogP contribution in [-0.2, 0) is 26.2 Å². The van der Waals surface area contributed by atoms with Crippen LogP contribution in [0, 0.1) is 6.92 Å². The summed E-state index contributed by atoms with van der Waals surface area (Å²) in [5.41, 5.74) is 2.42. The molecule has 38 heavy (non-hydrogen) atoms. The van der Waals surface area contributed by atoms with Crippen molar-refractivity contribution in [3.63, 3.8) is 0 Å². The number of anilines is 1. The summed E-state index contributed by atoms with van der Waals surface area (Å²) in [5, 5.41) is 4.75. The molecule has 8 heteroatoms. The van der Waals surface area contributed by atoms with Gasteiger partial charge >= 0.3 is 0 Å². The molecule has 1 aliphatic rings. The third kappa shape index (κ3) is 6.54. The molecule has 0 bridgehead atoms. The van der Waals surface area contributed by atoms with E-state index >= 15 is 0 Å². The number of fused-ring (bicyclic) bond motifs is 1. The first-order valence-electron chi connectivity index (χ1n) is 13.3. The van der Waals surface area contributed by atoms with E-state index in [0.717, 1.165) is 58.1 Å². The normalized spacial score (nSPS) is 14.8. The lowest BCUT2D eigenvalue weighted by Gasteiger charge is -2.33. The van der Waals surface area contributed by atoms with Gasteiger partial charge in [0.05, 0.1) is 11.9 Å². The van der Waals surface area contributed by atoms with Gasteiger partial charge in [-0.2, -0.15) is 0 Å². The highest BCUT2D eigenvalue weighted by Gasteiger charge is 2.33. The number of rotatable bonds is 10. The van der Waals surface area contributed by atoms with Crippen LogP contribution in [0.5, 0.6) is 0 Å². The van der Waals surface area contributed by atoms with Crippen molar-refractivity contribution in [1.82, 2.24) is 10.2 Å². The summed E-state index contributed by atoms with van der Waals surface area (Å²) in [4.78, 5) is 28.9. The van der Waals surface area contributed by atoms with Crippen molar-refractivity contribution in [3.8, 4) is 0 Å².